The van der Waals surface area contributed by atoms with E-state index in [1.54, 1.807) is 6.07 Å². The van der Waals surface area contributed by atoms with Crippen LogP contribution < -0.4 is 4.90 Å². The minimum atomic E-state index is -0.305. The topological polar surface area (TPSA) is 42.3 Å². The van der Waals surface area contributed by atoms with Crippen LogP contribution in [0.3, 0.4) is 0 Å². The number of anilines is 1. The van der Waals surface area contributed by atoms with Crippen molar-refractivity contribution < 1.29 is 9.59 Å². The second kappa shape index (κ2) is 8.04. The Morgan fingerprint density at radius 1 is 0.595 bits per heavy atom. The quantitative estimate of drug-likeness (QED) is 0.246. The average molecular weight is 479 g/mol. The van der Waals surface area contributed by atoms with E-state index in [9.17, 15) is 9.59 Å². The molecule has 1 aromatic heterocycles. The predicted octanol–water partition coefficient (Wildman–Crippen LogP) is 7.56. The van der Waals surface area contributed by atoms with Crippen molar-refractivity contribution in [3.05, 3.63) is 132 Å². The molecule has 0 radical (unpaired) electrons. The van der Waals surface area contributed by atoms with Crippen molar-refractivity contribution in [1.29, 1.82) is 0 Å². The van der Waals surface area contributed by atoms with E-state index in [4.69, 9.17) is 0 Å². The number of rotatable bonds is 3. The van der Waals surface area contributed by atoms with Gasteiger partial charge in [0.2, 0.25) is 0 Å². The lowest BCUT2D eigenvalue weighted by Crippen LogP contribution is -2.29. The first-order valence-corrected chi connectivity index (χ1v) is 12.3. The second-order valence-electron chi connectivity index (χ2n) is 9.39. The maximum absolute atomic E-state index is 14.0. The van der Waals surface area contributed by atoms with Crippen LogP contribution in [0.25, 0.3) is 38.6 Å². The van der Waals surface area contributed by atoms with Gasteiger partial charge in [-0.3, -0.25) is 9.59 Å². The molecule has 0 aliphatic carbocycles. The van der Waals surface area contributed by atoms with Crippen molar-refractivity contribution in [2.75, 3.05) is 4.90 Å². The fourth-order valence-electron chi connectivity index (χ4n) is 5.58. The number of aryl methyl sites for hydroxylation is 1. The van der Waals surface area contributed by atoms with E-state index in [0.717, 1.165) is 44.2 Å². The van der Waals surface area contributed by atoms with E-state index in [-0.39, 0.29) is 11.8 Å². The first-order chi connectivity index (χ1) is 18.1. The molecule has 0 saturated heterocycles. The van der Waals surface area contributed by atoms with E-state index in [1.807, 2.05) is 78.9 Å². The Morgan fingerprint density at radius 3 is 2.16 bits per heavy atom. The molecule has 0 fully saturated rings. The Bertz CT molecular complexity index is 1880. The predicted molar refractivity (Wildman–Crippen MR) is 149 cm³/mol. The van der Waals surface area contributed by atoms with Crippen molar-refractivity contribution in [3.8, 4) is 16.8 Å². The fourth-order valence-corrected chi connectivity index (χ4v) is 5.58. The van der Waals surface area contributed by atoms with Crippen molar-refractivity contribution >= 4 is 39.3 Å². The van der Waals surface area contributed by atoms with E-state index in [0.29, 0.717) is 16.8 Å². The minimum Gasteiger partial charge on any atom is -0.308 e. The summed E-state index contributed by atoms with van der Waals surface area (Å²) in [5.41, 5.74) is 7.28. The molecule has 0 bridgehead atoms. The van der Waals surface area contributed by atoms with Crippen LogP contribution in [0.15, 0.2) is 115 Å². The largest absolute Gasteiger partial charge is 0.308 e. The van der Waals surface area contributed by atoms with Crippen LogP contribution in [0.2, 0.25) is 0 Å². The Morgan fingerprint density at radius 2 is 1.30 bits per heavy atom. The molecular formula is C33H22N2O2. The lowest BCUT2D eigenvalue weighted by Gasteiger charge is -2.16. The lowest BCUT2D eigenvalue weighted by molar-refractivity contribution is 0.0926. The van der Waals surface area contributed by atoms with Gasteiger partial charge in [0.05, 0.1) is 33.5 Å². The number of aromatic nitrogens is 1. The van der Waals surface area contributed by atoms with Crippen molar-refractivity contribution in [2.45, 2.75) is 6.92 Å². The molecule has 37 heavy (non-hydrogen) atoms. The van der Waals surface area contributed by atoms with Gasteiger partial charge in [0.1, 0.15) is 0 Å². The fraction of sp³-hybridized carbons (Fsp3) is 0.0303. The number of carbonyl (C=O) groups is 2. The highest BCUT2D eigenvalue weighted by Crippen LogP contribution is 2.39. The van der Waals surface area contributed by atoms with Crippen LogP contribution in [0.4, 0.5) is 5.69 Å². The second-order valence-corrected chi connectivity index (χ2v) is 9.39. The summed E-state index contributed by atoms with van der Waals surface area (Å²) in [6.07, 6.45) is 0. The average Bonchev–Trinajstić information content (AvgIpc) is 3.42. The van der Waals surface area contributed by atoms with E-state index in [2.05, 4.69) is 41.8 Å². The third kappa shape index (κ3) is 3.09. The van der Waals surface area contributed by atoms with Gasteiger partial charge in [-0.2, -0.15) is 0 Å². The Labute approximate surface area is 214 Å². The zero-order valence-electron chi connectivity index (χ0n) is 20.2. The Hall–Kier alpha value is -4.96. The van der Waals surface area contributed by atoms with Crippen LogP contribution in [0.5, 0.6) is 0 Å². The highest BCUT2D eigenvalue weighted by Gasteiger charge is 2.39. The molecule has 4 nitrogen and oxygen atoms in total. The van der Waals surface area contributed by atoms with Crippen LogP contribution in [0, 0.1) is 6.92 Å². The summed E-state index contributed by atoms with van der Waals surface area (Å²) < 4.78 is 2.13. The molecule has 0 N–H and O–H groups in total. The highest BCUT2D eigenvalue weighted by atomic mass is 16.2. The van der Waals surface area contributed by atoms with Gasteiger partial charge in [-0.05, 0) is 53.9 Å². The first kappa shape index (κ1) is 21.3. The Balaban J connectivity index is 1.43. The molecular weight excluding hydrogens is 456 g/mol. The molecule has 0 saturated carbocycles. The summed E-state index contributed by atoms with van der Waals surface area (Å²) in [7, 11) is 0. The van der Waals surface area contributed by atoms with E-state index in [1.165, 1.54) is 4.90 Å². The highest BCUT2D eigenvalue weighted by molar-refractivity contribution is 6.36. The smallest absolute Gasteiger partial charge is 0.268 e. The normalized spacial score (nSPS) is 13.1. The summed E-state index contributed by atoms with van der Waals surface area (Å²) in [6, 6.07) is 37.6. The zero-order valence-corrected chi connectivity index (χ0v) is 20.2. The number of benzene rings is 5. The number of hydrogen-bond acceptors (Lipinski definition) is 2. The third-order valence-electron chi connectivity index (χ3n) is 7.24. The van der Waals surface area contributed by atoms with Gasteiger partial charge in [0.25, 0.3) is 11.8 Å². The monoisotopic (exact) mass is 478 g/mol. The SMILES string of the molecule is Cc1cccc2c3ccccc3n(-c3cccc4c3C(=O)N(c3cccc(-c5ccccc5)c3)C4=O)c12. The third-order valence-corrected chi connectivity index (χ3v) is 7.24. The number of carbonyl (C=O) groups excluding carboxylic acids is 2. The molecule has 2 amide bonds. The number of imide groups is 1. The van der Waals surface area contributed by atoms with E-state index < -0.39 is 0 Å². The Kier molecular flexibility index (Phi) is 4.63. The molecule has 1 aliphatic heterocycles. The minimum absolute atomic E-state index is 0.301. The van der Waals surface area contributed by atoms with Crippen LogP contribution in [-0.2, 0) is 0 Å². The number of hydrogen-bond donors (Lipinski definition) is 0. The van der Waals surface area contributed by atoms with Gasteiger partial charge in [0.15, 0.2) is 0 Å². The summed E-state index contributed by atoms with van der Waals surface area (Å²) in [5, 5.41) is 2.24. The summed E-state index contributed by atoms with van der Waals surface area (Å²) in [4.78, 5) is 29.0. The maximum Gasteiger partial charge on any atom is 0.268 e. The number of para-hydroxylation sites is 2. The van der Waals surface area contributed by atoms with Crippen molar-refractivity contribution in [2.24, 2.45) is 0 Å². The molecule has 5 aromatic carbocycles. The number of amides is 2. The molecule has 2 heterocycles. The van der Waals surface area contributed by atoms with Crippen LogP contribution in [0.1, 0.15) is 26.3 Å². The van der Waals surface area contributed by atoms with Gasteiger partial charge in [-0.25, -0.2) is 4.90 Å². The molecule has 0 unspecified atom stereocenters. The number of fused-ring (bicyclic) bond motifs is 4. The van der Waals surface area contributed by atoms with Gasteiger partial charge in [0, 0.05) is 10.8 Å². The van der Waals surface area contributed by atoms with Crippen molar-refractivity contribution in [3.63, 3.8) is 0 Å². The number of nitrogens with zero attached hydrogens (tertiary/aromatic N) is 2. The van der Waals surface area contributed by atoms with Gasteiger partial charge < -0.3 is 4.57 Å². The zero-order chi connectivity index (χ0) is 25.1. The van der Waals surface area contributed by atoms with Crippen LogP contribution >= 0.6 is 0 Å². The molecule has 6 aromatic rings. The molecule has 0 atom stereocenters. The lowest BCUT2D eigenvalue weighted by atomic mass is 10.0. The standard InChI is InChI=1S/C33H22N2O2/c1-21-10-7-16-26-25-15-5-6-18-28(25)35(31(21)26)29-19-9-17-27-30(29)33(37)34(32(27)36)24-14-8-13-23(20-24)22-11-3-2-4-12-22/h2-20H,1H3. The maximum atomic E-state index is 14.0. The molecule has 7 rings (SSSR count). The molecule has 1 aliphatic rings. The van der Waals surface area contributed by atoms with Crippen molar-refractivity contribution in [1.82, 2.24) is 4.57 Å². The van der Waals surface area contributed by atoms with E-state index >= 15 is 0 Å². The van der Waals surface area contributed by atoms with Gasteiger partial charge in [-0.15, -0.1) is 0 Å². The van der Waals surface area contributed by atoms with Gasteiger partial charge >= 0.3 is 0 Å². The van der Waals surface area contributed by atoms with Crippen LogP contribution in [-0.4, -0.2) is 16.4 Å². The summed E-state index contributed by atoms with van der Waals surface area (Å²) in [6.45, 7) is 2.08. The molecule has 0 spiro atoms. The van der Waals surface area contributed by atoms with Gasteiger partial charge in [-0.1, -0.05) is 84.9 Å². The molecule has 176 valence electrons. The first-order valence-electron chi connectivity index (χ1n) is 12.3. The summed E-state index contributed by atoms with van der Waals surface area (Å²) >= 11 is 0. The molecule has 4 heteroatoms. The summed E-state index contributed by atoms with van der Waals surface area (Å²) in [5.74, 6) is -0.607.